The summed E-state index contributed by atoms with van der Waals surface area (Å²) in [6.07, 6.45) is 1.70. The van der Waals surface area contributed by atoms with Crippen molar-refractivity contribution >= 4 is 5.91 Å². The van der Waals surface area contributed by atoms with E-state index in [0.29, 0.717) is 13.1 Å². The lowest BCUT2D eigenvalue weighted by molar-refractivity contribution is -0.131. The van der Waals surface area contributed by atoms with Gasteiger partial charge in [0.15, 0.2) is 0 Å². The van der Waals surface area contributed by atoms with Crippen LogP contribution >= 0.6 is 0 Å². The van der Waals surface area contributed by atoms with Crippen LogP contribution in [0.15, 0.2) is 0 Å². The van der Waals surface area contributed by atoms with E-state index in [0.717, 1.165) is 39.0 Å². The minimum atomic E-state index is -0.711. The Balaban J connectivity index is 2.21. The lowest BCUT2D eigenvalue weighted by Gasteiger charge is -2.32. The summed E-state index contributed by atoms with van der Waals surface area (Å²) in [5, 5.41) is 13.0. The van der Waals surface area contributed by atoms with Gasteiger partial charge in [-0.05, 0) is 20.4 Å². The van der Waals surface area contributed by atoms with E-state index in [9.17, 15) is 9.90 Å². The molecular formula is C13H27N3O2. The number of carbonyl (C=O) groups is 1. The summed E-state index contributed by atoms with van der Waals surface area (Å²) in [5.74, 6) is 0.135. The first-order chi connectivity index (χ1) is 8.44. The highest BCUT2D eigenvalue weighted by Crippen LogP contribution is 2.09. The van der Waals surface area contributed by atoms with Crippen LogP contribution < -0.4 is 5.32 Å². The molecule has 18 heavy (non-hydrogen) atoms. The second kappa shape index (κ2) is 7.07. The summed E-state index contributed by atoms with van der Waals surface area (Å²) in [6, 6.07) is 0. The zero-order chi connectivity index (χ0) is 13.6. The molecular weight excluding hydrogens is 230 g/mol. The maximum atomic E-state index is 11.9. The maximum Gasteiger partial charge on any atom is 0.236 e. The van der Waals surface area contributed by atoms with E-state index in [2.05, 4.69) is 17.3 Å². The smallest absolute Gasteiger partial charge is 0.236 e. The van der Waals surface area contributed by atoms with Crippen molar-refractivity contribution in [3.05, 3.63) is 0 Å². The molecule has 1 unspecified atom stereocenters. The monoisotopic (exact) mass is 257 g/mol. The molecule has 0 saturated carbocycles. The lowest BCUT2D eigenvalue weighted by atomic mass is 10.0. The van der Waals surface area contributed by atoms with E-state index in [-0.39, 0.29) is 5.91 Å². The van der Waals surface area contributed by atoms with Gasteiger partial charge in [0.25, 0.3) is 0 Å². The van der Waals surface area contributed by atoms with Crippen LogP contribution in [-0.2, 0) is 4.79 Å². The lowest BCUT2D eigenvalue weighted by Crippen LogP contribution is -2.50. The van der Waals surface area contributed by atoms with E-state index in [1.165, 1.54) is 0 Å². The van der Waals surface area contributed by atoms with E-state index >= 15 is 0 Å². The van der Waals surface area contributed by atoms with Crippen LogP contribution in [0.5, 0.6) is 0 Å². The number of carbonyl (C=O) groups excluding carboxylic acids is 1. The van der Waals surface area contributed by atoms with Crippen molar-refractivity contribution < 1.29 is 9.90 Å². The number of amides is 1. The molecule has 1 amide bonds. The number of piperazine rings is 1. The Bertz CT molecular complexity index is 261. The van der Waals surface area contributed by atoms with Gasteiger partial charge in [-0.1, -0.05) is 13.3 Å². The largest absolute Gasteiger partial charge is 0.389 e. The van der Waals surface area contributed by atoms with Crippen molar-refractivity contribution in [3.8, 4) is 0 Å². The molecule has 1 aliphatic rings. The number of hydrogen-bond acceptors (Lipinski definition) is 4. The molecule has 0 bridgehead atoms. The van der Waals surface area contributed by atoms with Crippen molar-refractivity contribution in [3.63, 3.8) is 0 Å². The van der Waals surface area contributed by atoms with Gasteiger partial charge < -0.3 is 20.2 Å². The van der Waals surface area contributed by atoms with Crippen molar-refractivity contribution in [1.82, 2.24) is 15.1 Å². The van der Waals surface area contributed by atoms with Crippen molar-refractivity contribution in [2.75, 3.05) is 46.3 Å². The minimum Gasteiger partial charge on any atom is -0.389 e. The van der Waals surface area contributed by atoms with Crippen molar-refractivity contribution in [2.45, 2.75) is 32.3 Å². The molecule has 106 valence electrons. The van der Waals surface area contributed by atoms with Gasteiger partial charge in [0.2, 0.25) is 5.91 Å². The number of rotatable bonds is 6. The Morgan fingerprint density at radius 2 is 1.94 bits per heavy atom. The van der Waals surface area contributed by atoms with Gasteiger partial charge in [0.05, 0.1) is 12.1 Å². The van der Waals surface area contributed by atoms with Crippen LogP contribution in [0.1, 0.15) is 26.7 Å². The van der Waals surface area contributed by atoms with Crippen LogP contribution in [0.25, 0.3) is 0 Å². The molecule has 1 rings (SSSR count). The molecule has 0 aromatic heterocycles. The second-order valence-corrected chi connectivity index (χ2v) is 5.53. The van der Waals surface area contributed by atoms with Crippen LogP contribution in [0.4, 0.5) is 0 Å². The van der Waals surface area contributed by atoms with Crippen molar-refractivity contribution in [2.24, 2.45) is 0 Å². The fourth-order valence-corrected chi connectivity index (χ4v) is 2.23. The predicted molar refractivity (Wildman–Crippen MR) is 72.5 cm³/mol. The maximum absolute atomic E-state index is 11.9. The first-order valence-corrected chi connectivity index (χ1v) is 6.84. The summed E-state index contributed by atoms with van der Waals surface area (Å²) in [6.45, 7) is 8.15. The van der Waals surface area contributed by atoms with Gasteiger partial charge in [-0.3, -0.25) is 4.79 Å². The highest BCUT2D eigenvalue weighted by molar-refractivity contribution is 5.78. The molecule has 1 aliphatic heterocycles. The molecule has 0 aromatic rings. The van der Waals surface area contributed by atoms with Gasteiger partial charge in [0, 0.05) is 32.7 Å². The summed E-state index contributed by atoms with van der Waals surface area (Å²) < 4.78 is 0. The third-order valence-electron chi connectivity index (χ3n) is 3.43. The van der Waals surface area contributed by atoms with Gasteiger partial charge in [0.1, 0.15) is 0 Å². The Morgan fingerprint density at radius 1 is 1.33 bits per heavy atom. The number of nitrogens with zero attached hydrogens (tertiary/aromatic N) is 2. The third-order valence-corrected chi connectivity index (χ3v) is 3.43. The van der Waals surface area contributed by atoms with E-state index in [1.807, 2.05) is 18.7 Å². The molecule has 0 spiro atoms. The summed E-state index contributed by atoms with van der Waals surface area (Å²) in [5.41, 5.74) is -0.711. The molecule has 1 atom stereocenters. The van der Waals surface area contributed by atoms with E-state index in [4.69, 9.17) is 0 Å². The average molecular weight is 257 g/mol. The summed E-state index contributed by atoms with van der Waals surface area (Å²) >= 11 is 0. The highest BCUT2D eigenvalue weighted by atomic mass is 16.3. The number of aliphatic hydroxyl groups is 1. The SMILES string of the molecule is CCCC(C)(O)CNCC(=O)N1CCN(C)CC1. The molecule has 5 nitrogen and oxygen atoms in total. The third kappa shape index (κ3) is 5.33. The predicted octanol–water partition coefficient (Wildman–Crippen LogP) is -0.0989. The first kappa shape index (κ1) is 15.4. The molecule has 0 aromatic carbocycles. The quantitative estimate of drug-likeness (QED) is 0.698. The zero-order valence-electron chi connectivity index (χ0n) is 11.9. The normalized spacial score (nSPS) is 20.8. The van der Waals surface area contributed by atoms with Gasteiger partial charge in [-0.15, -0.1) is 0 Å². The molecule has 1 fully saturated rings. The van der Waals surface area contributed by atoms with Crippen molar-refractivity contribution in [1.29, 1.82) is 0 Å². The van der Waals surface area contributed by atoms with Crippen LogP contribution in [0.2, 0.25) is 0 Å². The molecule has 5 heteroatoms. The zero-order valence-corrected chi connectivity index (χ0v) is 11.9. The molecule has 0 radical (unpaired) electrons. The Hall–Kier alpha value is -0.650. The fraction of sp³-hybridized carbons (Fsp3) is 0.923. The molecule has 2 N–H and O–H groups in total. The summed E-state index contributed by atoms with van der Waals surface area (Å²) in [4.78, 5) is 16.0. The van der Waals surface area contributed by atoms with E-state index in [1.54, 1.807) is 0 Å². The van der Waals surface area contributed by atoms with Crippen LogP contribution in [0.3, 0.4) is 0 Å². The fourth-order valence-electron chi connectivity index (χ4n) is 2.23. The highest BCUT2D eigenvalue weighted by Gasteiger charge is 2.21. The van der Waals surface area contributed by atoms with Crippen LogP contribution in [0, 0.1) is 0 Å². The summed E-state index contributed by atoms with van der Waals surface area (Å²) in [7, 11) is 2.07. The number of hydrogen-bond donors (Lipinski definition) is 2. The van der Waals surface area contributed by atoms with Gasteiger partial charge in [-0.2, -0.15) is 0 Å². The van der Waals surface area contributed by atoms with Crippen LogP contribution in [-0.4, -0.2) is 72.7 Å². The Kier molecular flexibility index (Phi) is 6.05. The number of likely N-dealkylation sites (N-methyl/N-ethyl adjacent to an activating group) is 1. The second-order valence-electron chi connectivity index (χ2n) is 5.53. The average Bonchev–Trinajstić information content (AvgIpc) is 2.29. The number of nitrogens with one attached hydrogen (secondary N) is 1. The minimum absolute atomic E-state index is 0.135. The Labute approximate surface area is 110 Å². The first-order valence-electron chi connectivity index (χ1n) is 6.84. The topological polar surface area (TPSA) is 55.8 Å². The van der Waals surface area contributed by atoms with E-state index < -0.39 is 5.60 Å². The molecule has 1 saturated heterocycles. The van der Waals surface area contributed by atoms with Gasteiger partial charge in [-0.25, -0.2) is 0 Å². The standard InChI is InChI=1S/C13H27N3O2/c1-4-5-13(2,18)11-14-10-12(17)16-8-6-15(3)7-9-16/h14,18H,4-11H2,1-3H3. The molecule has 0 aliphatic carbocycles. The van der Waals surface area contributed by atoms with Gasteiger partial charge >= 0.3 is 0 Å². The Morgan fingerprint density at radius 3 is 2.50 bits per heavy atom. The molecule has 1 heterocycles.